The molecule has 6 nitrogen and oxygen atoms in total. The van der Waals surface area contributed by atoms with Crippen molar-refractivity contribution < 1.29 is 28.5 Å². The average molecular weight is 370 g/mol. The van der Waals surface area contributed by atoms with E-state index in [4.69, 9.17) is 18.9 Å². The molecule has 2 rings (SSSR count). The van der Waals surface area contributed by atoms with E-state index >= 15 is 0 Å². The van der Waals surface area contributed by atoms with Crippen molar-refractivity contribution in [3.05, 3.63) is 59.7 Å². The van der Waals surface area contributed by atoms with E-state index in [2.05, 4.69) is 0 Å². The number of carbonyl (C=O) groups excluding carboxylic acids is 2. The second-order valence-electron chi connectivity index (χ2n) is 5.35. The standard InChI is InChI=1S/C21H22O6/c1-4-25-18-11-9-15(13-19(18)24-3)10-12-20(22)27-17-8-6-7-16(14-17)21(23)26-5-2/h6-14H,4-5H2,1-3H3/b12-10+. The third kappa shape index (κ3) is 5.88. The van der Waals surface area contributed by atoms with Gasteiger partial charge in [0, 0.05) is 6.08 Å². The molecule has 0 heterocycles. The molecular formula is C21H22O6. The SMILES string of the molecule is CCOC(=O)c1cccc(OC(=O)/C=C/c2ccc(OCC)c(OC)c2)c1. The highest BCUT2D eigenvalue weighted by atomic mass is 16.5. The summed E-state index contributed by atoms with van der Waals surface area (Å²) in [6.45, 7) is 4.42. The molecule has 0 spiro atoms. The van der Waals surface area contributed by atoms with Gasteiger partial charge in [0.2, 0.25) is 0 Å². The molecule has 0 saturated heterocycles. The molecule has 0 amide bonds. The molecule has 0 aliphatic rings. The van der Waals surface area contributed by atoms with E-state index in [0.29, 0.717) is 23.7 Å². The van der Waals surface area contributed by atoms with Gasteiger partial charge in [-0.2, -0.15) is 0 Å². The molecule has 142 valence electrons. The third-order valence-corrected chi connectivity index (χ3v) is 3.46. The third-order valence-electron chi connectivity index (χ3n) is 3.46. The predicted octanol–water partition coefficient (Wildman–Crippen LogP) is 3.89. The van der Waals surface area contributed by atoms with Gasteiger partial charge in [-0.1, -0.05) is 12.1 Å². The monoisotopic (exact) mass is 370 g/mol. The Bertz CT molecular complexity index is 825. The summed E-state index contributed by atoms with van der Waals surface area (Å²) in [5, 5.41) is 0. The van der Waals surface area contributed by atoms with Gasteiger partial charge in [0.15, 0.2) is 11.5 Å². The molecule has 27 heavy (non-hydrogen) atoms. The first-order valence-corrected chi connectivity index (χ1v) is 8.55. The first kappa shape index (κ1) is 20.0. The average Bonchev–Trinajstić information content (AvgIpc) is 2.67. The first-order chi connectivity index (χ1) is 13.1. The van der Waals surface area contributed by atoms with Gasteiger partial charge in [-0.25, -0.2) is 9.59 Å². The van der Waals surface area contributed by atoms with Gasteiger partial charge in [-0.15, -0.1) is 0 Å². The zero-order valence-corrected chi connectivity index (χ0v) is 15.6. The fourth-order valence-electron chi connectivity index (χ4n) is 2.28. The number of rotatable bonds is 8. The fraction of sp³-hybridized carbons (Fsp3) is 0.238. The van der Waals surface area contributed by atoms with Crippen molar-refractivity contribution in [2.45, 2.75) is 13.8 Å². The zero-order chi connectivity index (χ0) is 19.6. The minimum Gasteiger partial charge on any atom is -0.493 e. The molecule has 0 N–H and O–H groups in total. The van der Waals surface area contributed by atoms with Gasteiger partial charge in [0.05, 0.1) is 25.9 Å². The van der Waals surface area contributed by atoms with Crippen LogP contribution < -0.4 is 14.2 Å². The summed E-state index contributed by atoms with van der Waals surface area (Å²) in [4.78, 5) is 23.8. The van der Waals surface area contributed by atoms with E-state index in [-0.39, 0.29) is 12.4 Å². The zero-order valence-electron chi connectivity index (χ0n) is 15.6. The normalized spacial score (nSPS) is 10.5. The van der Waals surface area contributed by atoms with Gasteiger partial charge in [0.25, 0.3) is 0 Å². The van der Waals surface area contributed by atoms with E-state index in [0.717, 1.165) is 5.56 Å². The maximum Gasteiger partial charge on any atom is 0.338 e. The molecule has 0 aliphatic carbocycles. The van der Waals surface area contributed by atoms with Crippen LogP contribution in [0.4, 0.5) is 0 Å². The Hall–Kier alpha value is -3.28. The predicted molar refractivity (Wildman–Crippen MR) is 101 cm³/mol. The summed E-state index contributed by atoms with van der Waals surface area (Å²) < 4.78 is 20.9. The van der Waals surface area contributed by atoms with Gasteiger partial charge in [-0.05, 0) is 55.8 Å². The Morgan fingerprint density at radius 3 is 2.52 bits per heavy atom. The summed E-state index contributed by atoms with van der Waals surface area (Å²) in [5.74, 6) is 0.445. The molecule has 0 radical (unpaired) electrons. The largest absolute Gasteiger partial charge is 0.493 e. The van der Waals surface area contributed by atoms with E-state index < -0.39 is 11.9 Å². The summed E-state index contributed by atoms with van der Waals surface area (Å²) in [6.07, 6.45) is 2.90. The topological polar surface area (TPSA) is 71.1 Å². The second-order valence-corrected chi connectivity index (χ2v) is 5.35. The van der Waals surface area contributed by atoms with Crippen molar-refractivity contribution >= 4 is 18.0 Å². The van der Waals surface area contributed by atoms with Crippen LogP contribution in [0.3, 0.4) is 0 Å². The maximum atomic E-state index is 12.0. The van der Waals surface area contributed by atoms with Crippen LogP contribution in [0.15, 0.2) is 48.5 Å². The Labute approximate surface area is 158 Å². The van der Waals surface area contributed by atoms with E-state index in [1.165, 1.54) is 12.1 Å². The molecule has 0 unspecified atom stereocenters. The Balaban J connectivity index is 2.05. The van der Waals surface area contributed by atoms with Gasteiger partial charge in [0.1, 0.15) is 5.75 Å². The van der Waals surface area contributed by atoms with E-state index in [9.17, 15) is 9.59 Å². The maximum absolute atomic E-state index is 12.0. The van der Waals surface area contributed by atoms with Crippen molar-refractivity contribution in [3.63, 3.8) is 0 Å². The van der Waals surface area contributed by atoms with Crippen molar-refractivity contribution in [1.82, 2.24) is 0 Å². The van der Waals surface area contributed by atoms with Gasteiger partial charge in [-0.3, -0.25) is 0 Å². The van der Waals surface area contributed by atoms with Crippen LogP contribution in [0.5, 0.6) is 17.2 Å². The van der Waals surface area contributed by atoms with Crippen molar-refractivity contribution in [2.75, 3.05) is 20.3 Å². The van der Waals surface area contributed by atoms with Crippen LogP contribution in [0.25, 0.3) is 6.08 Å². The quantitative estimate of drug-likeness (QED) is 0.399. The van der Waals surface area contributed by atoms with Crippen molar-refractivity contribution in [2.24, 2.45) is 0 Å². The molecule has 0 saturated carbocycles. The highest BCUT2D eigenvalue weighted by Gasteiger charge is 2.09. The van der Waals surface area contributed by atoms with Crippen LogP contribution >= 0.6 is 0 Å². The molecular weight excluding hydrogens is 348 g/mol. The van der Waals surface area contributed by atoms with Crippen LogP contribution in [0.2, 0.25) is 0 Å². The summed E-state index contributed by atoms with van der Waals surface area (Å²) in [6, 6.07) is 11.6. The minimum atomic E-state index is -0.566. The van der Waals surface area contributed by atoms with Crippen molar-refractivity contribution in [3.8, 4) is 17.2 Å². The number of hydrogen-bond acceptors (Lipinski definition) is 6. The lowest BCUT2D eigenvalue weighted by Gasteiger charge is -2.09. The lowest BCUT2D eigenvalue weighted by Crippen LogP contribution is -2.07. The smallest absolute Gasteiger partial charge is 0.338 e. The lowest BCUT2D eigenvalue weighted by molar-refractivity contribution is -0.128. The van der Waals surface area contributed by atoms with E-state index in [1.54, 1.807) is 56.5 Å². The van der Waals surface area contributed by atoms with Gasteiger partial charge < -0.3 is 18.9 Å². The molecule has 0 aliphatic heterocycles. The Morgan fingerprint density at radius 1 is 1.00 bits per heavy atom. The molecule has 0 aromatic heterocycles. The lowest BCUT2D eigenvalue weighted by atomic mass is 10.2. The number of esters is 2. The fourth-order valence-corrected chi connectivity index (χ4v) is 2.28. The molecule has 0 fully saturated rings. The van der Waals surface area contributed by atoms with Crippen LogP contribution in [-0.2, 0) is 9.53 Å². The second kappa shape index (κ2) is 10.0. The summed E-state index contributed by atoms with van der Waals surface area (Å²) >= 11 is 0. The van der Waals surface area contributed by atoms with Crippen molar-refractivity contribution in [1.29, 1.82) is 0 Å². The molecule has 0 atom stereocenters. The number of hydrogen-bond donors (Lipinski definition) is 0. The number of methoxy groups -OCH3 is 1. The van der Waals surface area contributed by atoms with E-state index in [1.807, 2.05) is 6.92 Å². The highest BCUT2D eigenvalue weighted by molar-refractivity contribution is 5.91. The number of benzene rings is 2. The van der Waals surface area contributed by atoms with Crippen LogP contribution in [-0.4, -0.2) is 32.3 Å². The number of ether oxygens (including phenoxy) is 4. The molecule has 6 heteroatoms. The van der Waals surface area contributed by atoms with Crippen LogP contribution in [0.1, 0.15) is 29.8 Å². The number of carbonyl (C=O) groups is 2. The highest BCUT2D eigenvalue weighted by Crippen LogP contribution is 2.28. The molecule has 2 aromatic rings. The van der Waals surface area contributed by atoms with Crippen LogP contribution in [0, 0.1) is 0 Å². The summed E-state index contributed by atoms with van der Waals surface area (Å²) in [7, 11) is 1.55. The Morgan fingerprint density at radius 2 is 1.81 bits per heavy atom. The summed E-state index contributed by atoms with van der Waals surface area (Å²) in [5.41, 5.74) is 1.08. The first-order valence-electron chi connectivity index (χ1n) is 8.55. The molecule has 0 bridgehead atoms. The Kier molecular flexibility index (Phi) is 7.43. The molecule has 2 aromatic carbocycles. The minimum absolute atomic E-state index is 0.263. The van der Waals surface area contributed by atoms with Gasteiger partial charge >= 0.3 is 11.9 Å².